The van der Waals surface area contributed by atoms with Crippen LogP contribution in [0, 0.1) is 12.8 Å². The van der Waals surface area contributed by atoms with Gasteiger partial charge in [-0.15, -0.1) is 0 Å². The van der Waals surface area contributed by atoms with E-state index in [1.165, 1.54) is 0 Å². The van der Waals surface area contributed by atoms with Gasteiger partial charge in [0.1, 0.15) is 0 Å². The summed E-state index contributed by atoms with van der Waals surface area (Å²) in [5.41, 5.74) is 8.48. The molecule has 122 valence electrons. The van der Waals surface area contributed by atoms with Crippen LogP contribution in [0.4, 0.5) is 5.69 Å². The highest BCUT2D eigenvalue weighted by Gasteiger charge is 2.28. The second-order valence-electron chi connectivity index (χ2n) is 6.16. The summed E-state index contributed by atoms with van der Waals surface area (Å²) >= 11 is 0. The zero-order valence-electron chi connectivity index (χ0n) is 13.5. The maximum Gasteiger partial charge on any atom is 0.257 e. The summed E-state index contributed by atoms with van der Waals surface area (Å²) in [6.07, 6.45) is 3.25. The van der Waals surface area contributed by atoms with Gasteiger partial charge in [-0.1, -0.05) is 18.1 Å². The van der Waals surface area contributed by atoms with Crippen molar-refractivity contribution in [3.63, 3.8) is 0 Å². The molecule has 3 rings (SSSR count). The van der Waals surface area contributed by atoms with E-state index in [1.807, 2.05) is 32.0 Å². The zero-order chi connectivity index (χ0) is 16.4. The number of rotatable bonds is 4. The average molecular weight is 314 g/mol. The van der Waals surface area contributed by atoms with Crippen molar-refractivity contribution in [2.45, 2.75) is 45.6 Å². The fourth-order valence-corrected chi connectivity index (χ4v) is 2.89. The molecule has 6 heteroatoms. The van der Waals surface area contributed by atoms with E-state index in [1.54, 1.807) is 0 Å². The number of nitrogens with two attached hydrogens (primary N) is 1. The summed E-state index contributed by atoms with van der Waals surface area (Å²) in [5, 5.41) is 6.93. The van der Waals surface area contributed by atoms with Crippen LogP contribution >= 0.6 is 0 Å². The van der Waals surface area contributed by atoms with E-state index in [0.29, 0.717) is 11.7 Å². The Balaban J connectivity index is 1.79. The lowest BCUT2D eigenvalue weighted by Gasteiger charge is -2.13. The second-order valence-corrected chi connectivity index (χ2v) is 6.16. The Morgan fingerprint density at radius 2 is 2.26 bits per heavy atom. The van der Waals surface area contributed by atoms with Crippen LogP contribution in [-0.2, 0) is 11.2 Å². The summed E-state index contributed by atoms with van der Waals surface area (Å²) in [5.74, 6) is 1.19. The van der Waals surface area contributed by atoms with Crippen LogP contribution in [-0.4, -0.2) is 22.1 Å². The molecular formula is C17H22N4O2. The van der Waals surface area contributed by atoms with Crippen molar-refractivity contribution in [1.29, 1.82) is 0 Å². The first kappa shape index (κ1) is 15.7. The minimum atomic E-state index is 0.00292. The van der Waals surface area contributed by atoms with Crippen LogP contribution in [0.2, 0.25) is 0 Å². The molecule has 6 nitrogen and oxygen atoms in total. The maximum absolute atomic E-state index is 12.4. The highest BCUT2D eigenvalue weighted by atomic mass is 16.5. The minimum Gasteiger partial charge on any atom is -0.334 e. The number of benzene rings is 1. The van der Waals surface area contributed by atoms with E-state index >= 15 is 0 Å². The second kappa shape index (κ2) is 6.50. The molecule has 0 saturated heterocycles. The van der Waals surface area contributed by atoms with Gasteiger partial charge in [-0.25, -0.2) is 0 Å². The number of amides is 1. The van der Waals surface area contributed by atoms with Gasteiger partial charge in [0.25, 0.3) is 5.89 Å². The average Bonchev–Trinajstić information content (AvgIpc) is 3.18. The summed E-state index contributed by atoms with van der Waals surface area (Å²) in [6, 6.07) is 5.89. The topological polar surface area (TPSA) is 94.0 Å². The number of anilines is 1. The molecule has 23 heavy (non-hydrogen) atoms. The largest absolute Gasteiger partial charge is 0.334 e. The van der Waals surface area contributed by atoms with Gasteiger partial charge < -0.3 is 15.6 Å². The van der Waals surface area contributed by atoms with E-state index in [2.05, 4.69) is 15.5 Å². The third-order valence-corrected chi connectivity index (χ3v) is 4.37. The molecule has 0 radical (unpaired) electrons. The summed E-state index contributed by atoms with van der Waals surface area (Å²) in [6.45, 7) is 3.94. The number of nitrogens with zero attached hydrogens (tertiary/aromatic N) is 2. The predicted molar refractivity (Wildman–Crippen MR) is 87.8 cm³/mol. The quantitative estimate of drug-likeness (QED) is 0.905. The monoisotopic (exact) mass is 314 g/mol. The third-order valence-electron chi connectivity index (χ3n) is 4.37. The molecule has 1 heterocycles. The molecule has 1 fully saturated rings. The molecule has 1 amide bonds. The molecule has 1 aliphatic rings. The van der Waals surface area contributed by atoms with Gasteiger partial charge in [0, 0.05) is 29.6 Å². The molecule has 2 atom stereocenters. The van der Waals surface area contributed by atoms with E-state index in [-0.39, 0.29) is 17.9 Å². The van der Waals surface area contributed by atoms with E-state index in [4.69, 9.17) is 10.3 Å². The number of aromatic nitrogens is 2. The van der Waals surface area contributed by atoms with Gasteiger partial charge in [-0.3, -0.25) is 4.79 Å². The Morgan fingerprint density at radius 3 is 2.91 bits per heavy atom. The van der Waals surface area contributed by atoms with Crippen molar-refractivity contribution in [3.8, 4) is 11.5 Å². The molecule has 0 spiro atoms. The lowest BCUT2D eigenvalue weighted by atomic mass is 10.1. The SMILES string of the molecule is CCc1noc(-c2ccc(C)c(NC(=O)C3CCC(N)C3)c2)n1. The van der Waals surface area contributed by atoms with Gasteiger partial charge in [-0.2, -0.15) is 4.98 Å². The summed E-state index contributed by atoms with van der Waals surface area (Å²) < 4.78 is 5.26. The number of nitrogens with one attached hydrogen (secondary N) is 1. The van der Waals surface area contributed by atoms with Crippen LogP contribution in [0.5, 0.6) is 0 Å². The van der Waals surface area contributed by atoms with Gasteiger partial charge in [-0.05, 0) is 43.9 Å². The Hall–Kier alpha value is -2.21. The van der Waals surface area contributed by atoms with Gasteiger partial charge in [0.2, 0.25) is 5.91 Å². The highest BCUT2D eigenvalue weighted by Crippen LogP contribution is 2.28. The third kappa shape index (κ3) is 3.42. The number of aryl methyl sites for hydroxylation is 2. The number of hydrogen-bond acceptors (Lipinski definition) is 5. The first-order valence-corrected chi connectivity index (χ1v) is 8.07. The van der Waals surface area contributed by atoms with Crippen molar-refractivity contribution >= 4 is 11.6 Å². The molecule has 1 aromatic carbocycles. The van der Waals surface area contributed by atoms with Crippen molar-refractivity contribution < 1.29 is 9.32 Å². The molecule has 3 N–H and O–H groups in total. The van der Waals surface area contributed by atoms with E-state index in [9.17, 15) is 4.79 Å². The fraction of sp³-hybridized carbons (Fsp3) is 0.471. The first-order valence-electron chi connectivity index (χ1n) is 8.07. The predicted octanol–water partition coefficient (Wildman–Crippen LogP) is 2.67. The lowest BCUT2D eigenvalue weighted by Crippen LogP contribution is -2.23. The Kier molecular flexibility index (Phi) is 4.43. The van der Waals surface area contributed by atoms with Gasteiger partial charge in [0.05, 0.1) is 0 Å². The van der Waals surface area contributed by atoms with Crippen molar-refractivity contribution in [2.24, 2.45) is 11.7 Å². The van der Waals surface area contributed by atoms with E-state index < -0.39 is 0 Å². The first-order chi connectivity index (χ1) is 11.1. The van der Waals surface area contributed by atoms with Crippen molar-refractivity contribution in [3.05, 3.63) is 29.6 Å². The van der Waals surface area contributed by atoms with Gasteiger partial charge in [0.15, 0.2) is 5.82 Å². The molecule has 0 aliphatic heterocycles. The Morgan fingerprint density at radius 1 is 1.43 bits per heavy atom. The molecule has 0 bridgehead atoms. The summed E-state index contributed by atoms with van der Waals surface area (Å²) in [7, 11) is 0. The van der Waals surface area contributed by atoms with Crippen molar-refractivity contribution in [2.75, 3.05) is 5.32 Å². The summed E-state index contributed by atoms with van der Waals surface area (Å²) in [4.78, 5) is 16.7. The number of hydrogen-bond donors (Lipinski definition) is 2. The maximum atomic E-state index is 12.4. The van der Waals surface area contributed by atoms with Gasteiger partial charge >= 0.3 is 0 Å². The molecule has 2 aromatic rings. The molecule has 2 unspecified atom stereocenters. The minimum absolute atomic E-state index is 0.00292. The molecule has 1 aliphatic carbocycles. The Bertz CT molecular complexity index is 710. The normalized spacial score (nSPS) is 20.7. The molecule has 1 saturated carbocycles. The van der Waals surface area contributed by atoms with Crippen molar-refractivity contribution in [1.82, 2.24) is 10.1 Å². The zero-order valence-corrected chi connectivity index (χ0v) is 13.5. The van der Waals surface area contributed by atoms with Crippen LogP contribution in [0.15, 0.2) is 22.7 Å². The lowest BCUT2D eigenvalue weighted by molar-refractivity contribution is -0.119. The molecule has 1 aromatic heterocycles. The fourth-order valence-electron chi connectivity index (χ4n) is 2.89. The van der Waals surface area contributed by atoms with Crippen LogP contribution in [0.1, 0.15) is 37.6 Å². The smallest absolute Gasteiger partial charge is 0.257 e. The highest BCUT2D eigenvalue weighted by molar-refractivity contribution is 5.94. The standard InChI is InChI=1S/C17H22N4O2/c1-3-15-20-17(23-21-15)12-5-4-10(2)14(9-12)19-16(22)11-6-7-13(18)8-11/h4-5,9,11,13H,3,6-8,18H2,1-2H3,(H,19,22). The Labute approximate surface area is 135 Å². The number of carbonyl (C=O) groups excluding carboxylic acids is 1. The van der Waals surface area contributed by atoms with E-state index in [0.717, 1.165) is 42.5 Å². The number of carbonyl (C=O) groups is 1. The van der Waals surface area contributed by atoms with Crippen LogP contribution in [0.3, 0.4) is 0 Å². The van der Waals surface area contributed by atoms with Crippen LogP contribution in [0.25, 0.3) is 11.5 Å². The van der Waals surface area contributed by atoms with Crippen LogP contribution < -0.4 is 11.1 Å². The molecular weight excluding hydrogens is 292 g/mol.